The number of carbonyl (C=O) groups excluding carboxylic acids is 1. The molecule has 0 atom stereocenters. The van der Waals surface area contributed by atoms with Crippen molar-refractivity contribution < 1.29 is 14.3 Å². The number of benzene rings is 1. The topological polar surface area (TPSA) is 87.8 Å². The van der Waals surface area contributed by atoms with Gasteiger partial charge in [0, 0.05) is 31.7 Å². The molecule has 0 N–H and O–H groups in total. The summed E-state index contributed by atoms with van der Waals surface area (Å²) in [6, 6.07) is 7.83. The van der Waals surface area contributed by atoms with Gasteiger partial charge in [0.1, 0.15) is 21.8 Å². The van der Waals surface area contributed by atoms with E-state index < -0.39 is 0 Å². The second kappa shape index (κ2) is 13.4. The smallest absolute Gasteiger partial charge is 0.270 e. The summed E-state index contributed by atoms with van der Waals surface area (Å²) in [4.78, 5) is 31.4. The van der Waals surface area contributed by atoms with E-state index >= 15 is 0 Å². The number of nitriles is 1. The molecule has 0 bridgehead atoms. The number of thiocarbonyl (C=S) groups is 1. The molecule has 2 fully saturated rings. The highest BCUT2D eigenvalue weighted by Crippen LogP contribution is 2.37. The summed E-state index contributed by atoms with van der Waals surface area (Å²) in [5.74, 6) is 1.93. The minimum atomic E-state index is -0.263. The van der Waals surface area contributed by atoms with E-state index in [4.69, 9.17) is 21.7 Å². The number of hydrogen-bond acceptors (Lipinski definition) is 8. The van der Waals surface area contributed by atoms with Gasteiger partial charge in [0.2, 0.25) is 0 Å². The molecule has 0 saturated carbocycles. The summed E-state index contributed by atoms with van der Waals surface area (Å²) in [5.41, 5.74) is 2.23. The SMILES string of the molecule is CCCn1c(N2CCCCCC2)c(C=C2SC(=S)N(CCc3ccc(OC)c(OC)c3)C2=O)c(C)c(C#N)c1=O. The number of rotatable bonds is 9. The molecular weight excluding hydrogens is 544 g/mol. The second-order valence-corrected chi connectivity index (χ2v) is 11.7. The summed E-state index contributed by atoms with van der Waals surface area (Å²) in [7, 11) is 3.19. The molecule has 2 aromatic rings. The molecule has 8 nitrogen and oxygen atoms in total. The summed E-state index contributed by atoms with van der Waals surface area (Å²) in [6.07, 6.45) is 7.58. The molecule has 212 valence electrons. The van der Waals surface area contributed by atoms with Crippen molar-refractivity contribution in [3.8, 4) is 17.6 Å². The van der Waals surface area contributed by atoms with Crippen molar-refractivity contribution in [2.24, 2.45) is 0 Å². The van der Waals surface area contributed by atoms with Crippen LogP contribution in [0.1, 0.15) is 61.3 Å². The summed E-state index contributed by atoms with van der Waals surface area (Å²) in [6.45, 7) is 6.43. The maximum absolute atomic E-state index is 13.6. The summed E-state index contributed by atoms with van der Waals surface area (Å²) >= 11 is 6.89. The van der Waals surface area contributed by atoms with Gasteiger partial charge in [-0.1, -0.05) is 49.8 Å². The van der Waals surface area contributed by atoms with Crippen LogP contribution in [0.5, 0.6) is 11.5 Å². The first kappa shape index (κ1) is 29.7. The molecule has 0 spiro atoms. The average molecular weight is 581 g/mol. The molecule has 1 aromatic carbocycles. The highest BCUT2D eigenvalue weighted by Gasteiger charge is 2.33. The van der Waals surface area contributed by atoms with Crippen molar-refractivity contribution in [3.05, 3.63) is 55.7 Å². The highest BCUT2D eigenvalue weighted by molar-refractivity contribution is 8.26. The molecule has 0 unspecified atom stereocenters. The van der Waals surface area contributed by atoms with E-state index in [0.29, 0.717) is 45.8 Å². The Labute approximate surface area is 245 Å². The zero-order chi connectivity index (χ0) is 28.8. The first-order chi connectivity index (χ1) is 19.3. The van der Waals surface area contributed by atoms with Gasteiger partial charge in [0.15, 0.2) is 11.5 Å². The van der Waals surface area contributed by atoms with Crippen LogP contribution in [0.3, 0.4) is 0 Å². The van der Waals surface area contributed by atoms with E-state index in [1.54, 1.807) is 30.6 Å². The Hall–Kier alpha value is -3.29. The standard InChI is InChI=1S/C30H36N4O4S2/c1-5-13-33-27(32-14-8-6-7-9-15-32)22(20(2)23(19-31)28(33)35)18-26-29(36)34(30(39)40-26)16-12-21-10-11-24(37-3)25(17-21)38-4/h10-11,17-18H,5-9,12-16H2,1-4H3. The Balaban J connectivity index is 1.70. The molecule has 2 aliphatic heterocycles. The predicted molar refractivity (Wildman–Crippen MR) is 164 cm³/mol. The van der Waals surface area contributed by atoms with Crippen LogP contribution in [0.25, 0.3) is 6.08 Å². The fourth-order valence-electron chi connectivity index (χ4n) is 5.30. The van der Waals surface area contributed by atoms with Gasteiger partial charge in [-0.3, -0.25) is 19.1 Å². The number of pyridine rings is 1. The lowest BCUT2D eigenvalue weighted by Crippen LogP contribution is -2.35. The van der Waals surface area contributed by atoms with Crippen molar-refractivity contribution in [2.75, 3.05) is 38.8 Å². The van der Waals surface area contributed by atoms with Crippen LogP contribution in [0.4, 0.5) is 5.82 Å². The van der Waals surface area contributed by atoms with Crippen LogP contribution in [0.2, 0.25) is 0 Å². The molecule has 2 aliphatic rings. The Kier molecular flexibility index (Phi) is 9.93. The van der Waals surface area contributed by atoms with Gasteiger partial charge in [-0.2, -0.15) is 5.26 Å². The van der Waals surface area contributed by atoms with Crippen LogP contribution < -0.4 is 19.9 Å². The van der Waals surface area contributed by atoms with Crippen LogP contribution in [0.15, 0.2) is 27.9 Å². The van der Waals surface area contributed by atoms with Gasteiger partial charge in [-0.15, -0.1) is 0 Å². The fourth-order valence-corrected chi connectivity index (χ4v) is 6.59. The Morgan fingerprint density at radius 1 is 1.07 bits per heavy atom. The lowest BCUT2D eigenvalue weighted by molar-refractivity contribution is -0.122. The number of methoxy groups -OCH3 is 2. The summed E-state index contributed by atoms with van der Waals surface area (Å²) < 4.78 is 13.0. The zero-order valence-corrected chi connectivity index (χ0v) is 25.3. The third-order valence-electron chi connectivity index (χ3n) is 7.42. The third-order valence-corrected chi connectivity index (χ3v) is 8.80. The first-order valence-corrected chi connectivity index (χ1v) is 15.0. The molecule has 0 aliphatic carbocycles. The van der Waals surface area contributed by atoms with Crippen molar-refractivity contribution in [1.29, 1.82) is 5.26 Å². The maximum atomic E-state index is 13.6. The number of carbonyl (C=O) groups is 1. The van der Waals surface area contributed by atoms with E-state index in [-0.39, 0.29) is 17.0 Å². The maximum Gasteiger partial charge on any atom is 0.270 e. The van der Waals surface area contributed by atoms with E-state index in [0.717, 1.165) is 62.1 Å². The lowest BCUT2D eigenvalue weighted by Gasteiger charge is -2.29. The van der Waals surface area contributed by atoms with Crippen molar-refractivity contribution >= 4 is 46.1 Å². The summed E-state index contributed by atoms with van der Waals surface area (Å²) in [5, 5.41) is 9.89. The van der Waals surface area contributed by atoms with E-state index in [2.05, 4.69) is 11.0 Å². The van der Waals surface area contributed by atoms with E-state index in [9.17, 15) is 14.9 Å². The quantitative estimate of drug-likeness (QED) is 0.293. The second-order valence-electron chi connectivity index (χ2n) is 9.98. The van der Waals surface area contributed by atoms with Gasteiger partial charge in [-0.25, -0.2) is 0 Å². The minimum absolute atomic E-state index is 0.127. The Bertz CT molecular complexity index is 1420. The fraction of sp³-hybridized carbons (Fsp3) is 0.467. The monoisotopic (exact) mass is 580 g/mol. The number of thioether (sulfide) groups is 1. The van der Waals surface area contributed by atoms with Gasteiger partial charge in [0.05, 0.1) is 19.1 Å². The molecule has 10 heteroatoms. The van der Waals surface area contributed by atoms with Gasteiger partial charge in [-0.05, 0) is 61.9 Å². The number of nitrogens with zero attached hydrogens (tertiary/aromatic N) is 4. The van der Waals surface area contributed by atoms with Crippen LogP contribution in [-0.2, 0) is 17.8 Å². The molecule has 1 amide bonds. The number of ether oxygens (including phenoxy) is 2. The molecule has 2 saturated heterocycles. The number of hydrogen-bond donors (Lipinski definition) is 0. The molecule has 3 heterocycles. The van der Waals surface area contributed by atoms with Crippen molar-refractivity contribution in [2.45, 2.75) is 58.9 Å². The van der Waals surface area contributed by atoms with Gasteiger partial charge >= 0.3 is 0 Å². The number of aromatic nitrogens is 1. The molecule has 40 heavy (non-hydrogen) atoms. The normalized spacial score (nSPS) is 16.8. The van der Waals surface area contributed by atoms with Crippen molar-refractivity contribution in [3.63, 3.8) is 0 Å². The average Bonchev–Trinajstić information content (AvgIpc) is 3.11. The largest absolute Gasteiger partial charge is 0.493 e. The van der Waals surface area contributed by atoms with Gasteiger partial charge < -0.3 is 14.4 Å². The zero-order valence-electron chi connectivity index (χ0n) is 23.6. The van der Waals surface area contributed by atoms with Gasteiger partial charge in [0.25, 0.3) is 11.5 Å². The molecule has 0 radical (unpaired) electrons. The number of anilines is 1. The molecular formula is C30H36N4O4S2. The van der Waals surface area contributed by atoms with E-state index in [1.807, 2.05) is 31.2 Å². The van der Waals surface area contributed by atoms with Crippen LogP contribution >= 0.6 is 24.0 Å². The van der Waals surface area contributed by atoms with E-state index in [1.165, 1.54) is 11.8 Å². The number of amides is 1. The Morgan fingerprint density at radius 3 is 2.40 bits per heavy atom. The first-order valence-electron chi connectivity index (χ1n) is 13.7. The third kappa shape index (κ3) is 6.06. The highest BCUT2D eigenvalue weighted by atomic mass is 32.2. The predicted octanol–water partition coefficient (Wildman–Crippen LogP) is 5.28. The molecule has 1 aromatic heterocycles. The Morgan fingerprint density at radius 2 is 1.77 bits per heavy atom. The minimum Gasteiger partial charge on any atom is -0.493 e. The van der Waals surface area contributed by atoms with Crippen LogP contribution in [-0.4, -0.2) is 53.5 Å². The van der Waals surface area contributed by atoms with Crippen molar-refractivity contribution in [1.82, 2.24) is 9.47 Å². The molecule has 4 rings (SSSR count). The van der Waals surface area contributed by atoms with Crippen LogP contribution in [0, 0.1) is 18.3 Å². The lowest BCUT2D eigenvalue weighted by atomic mass is 10.0.